The maximum atomic E-state index is 13.1. The number of hydrogen-bond acceptors (Lipinski definition) is 5. The average molecular weight is 466 g/mol. The molecular weight excluding hydrogens is 434 g/mol. The van der Waals surface area contributed by atoms with Crippen molar-refractivity contribution in [1.82, 2.24) is 9.62 Å². The zero-order chi connectivity index (χ0) is 22.0. The maximum absolute atomic E-state index is 13.1. The van der Waals surface area contributed by atoms with Gasteiger partial charge in [0.2, 0.25) is 21.8 Å². The van der Waals surface area contributed by atoms with Crippen LogP contribution in [0.2, 0.25) is 0 Å². The molecule has 3 aliphatic rings. The Kier molecular flexibility index (Phi) is 6.93. The molecule has 1 N–H and O–H groups in total. The second-order valence-corrected chi connectivity index (χ2v) is 11.8. The number of thioether (sulfide) groups is 1. The van der Waals surface area contributed by atoms with Crippen LogP contribution in [0.25, 0.3) is 0 Å². The van der Waals surface area contributed by atoms with Gasteiger partial charge < -0.3 is 10.2 Å². The van der Waals surface area contributed by atoms with Gasteiger partial charge in [-0.3, -0.25) is 9.59 Å². The molecule has 2 heterocycles. The first-order valence-electron chi connectivity index (χ1n) is 11.2. The summed E-state index contributed by atoms with van der Waals surface area (Å²) >= 11 is 1.39. The summed E-state index contributed by atoms with van der Waals surface area (Å²) in [4.78, 5) is 27.9. The molecule has 0 spiro atoms. The number of sulfonamides is 1. The molecule has 0 radical (unpaired) electrons. The Bertz CT molecular complexity index is 944. The van der Waals surface area contributed by atoms with Crippen molar-refractivity contribution in [3.05, 3.63) is 18.2 Å². The predicted octanol–water partition coefficient (Wildman–Crippen LogP) is 2.99. The minimum absolute atomic E-state index is 0.0805. The molecule has 7 nitrogen and oxygen atoms in total. The van der Waals surface area contributed by atoms with E-state index >= 15 is 0 Å². The molecule has 1 aromatic carbocycles. The van der Waals surface area contributed by atoms with E-state index in [1.165, 1.54) is 27.4 Å². The fraction of sp³-hybridized carbons (Fsp3) is 0.636. The normalized spacial score (nSPS) is 25.2. The van der Waals surface area contributed by atoms with Crippen LogP contribution in [-0.4, -0.2) is 56.0 Å². The summed E-state index contributed by atoms with van der Waals surface area (Å²) in [6, 6.07) is 5.09. The van der Waals surface area contributed by atoms with Crippen LogP contribution in [0.5, 0.6) is 0 Å². The number of carbonyl (C=O) groups excluding carboxylic acids is 2. The van der Waals surface area contributed by atoms with Gasteiger partial charge in [0, 0.05) is 24.0 Å². The molecule has 31 heavy (non-hydrogen) atoms. The second kappa shape index (κ2) is 9.50. The molecule has 170 valence electrons. The standard InChI is InChI=1S/C22H31N3O4S2/c1-16-7-3-4-8-18(16)23-21(26)14-25-19-13-17(9-10-20(19)30-15-22(25)27)31(28,29)24-11-5-2-6-12-24/h9-10,13,16,18H,2-8,11-12,14-15H2,1H3,(H,23,26)/t16-,18-/m1/s1. The summed E-state index contributed by atoms with van der Waals surface area (Å²) in [5.41, 5.74) is 0.520. The summed E-state index contributed by atoms with van der Waals surface area (Å²) in [7, 11) is -3.61. The number of fused-ring (bicyclic) bond motifs is 1. The Morgan fingerprint density at radius 2 is 1.87 bits per heavy atom. The number of rotatable bonds is 5. The second-order valence-electron chi connectivity index (χ2n) is 8.80. The van der Waals surface area contributed by atoms with Crippen LogP contribution < -0.4 is 10.2 Å². The van der Waals surface area contributed by atoms with Crippen molar-refractivity contribution >= 4 is 39.3 Å². The van der Waals surface area contributed by atoms with E-state index in [9.17, 15) is 18.0 Å². The monoisotopic (exact) mass is 465 g/mol. The Morgan fingerprint density at radius 1 is 1.13 bits per heavy atom. The van der Waals surface area contributed by atoms with E-state index < -0.39 is 10.0 Å². The maximum Gasteiger partial charge on any atom is 0.243 e. The highest BCUT2D eigenvalue weighted by Crippen LogP contribution is 2.37. The summed E-state index contributed by atoms with van der Waals surface area (Å²) in [5, 5.41) is 3.10. The van der Waals surface area contributed by atoms with E-state index in [0.29, 0.717) is 24.7 Å². The zero-order valence-electron chi connectivity index (χ0n) is 18.0. The lowest BCUT2D eigenvalue weighted by Crippen LogP contribution is -2.48. The van der Waals surface area contributed by atoms with Gasteiger partial charge in [0.05, 0.1) is 16.3 Å². The van der Waals surface area contributed by atoms with E-state index in [2.05, 4.69) is 12.2 Å². The van der Waals surface area contributed by atoms with Crippen LogP contribution in [0.4, 0.5) is 5.69 Å². The molecule has 2 aliphatic heterocycles. The molecule has 0 unspecified atom stereocenters. The molecular formula is C22H31N3O4S2. The molecule has 2 fully saturated rings. The van der Waals surface area contributed by atoms with Crippen molar-refractivity contribution in [2.45, 2.75) is 67.7 Å². The minimum Gasteiger partial charge on any atom is -0.352 e. The van der Waals surface area contributed by atoms with Crippen molar-refractivity contribution < 1.29 is 18.0 Å². The van der Waals surface area contributed by atoms with E-state index in [1.54, 1.807) is 18.2 Å². The van der Waals surface area contributed by atoms with Crippen molar-refractivity contribution in [3.8, 4) is 0 Å². The molecule has 0 aromatic heterocycles. The predicted molar refractivity (Wildman–Crippen MR) is 122 cm³/mol. The minimum atomic E-state index is -3.61. The SMILES string of the molecule is C[C@@H]1CCCC[C@H]1NC(=O)CN1C(=O)CSc2ccc(S(=O)(=O)N3CCCCC3)cc21. The number of hydrogen-bond donors (Lipinski definition) is 1. The molecule has 1 aromatic rings. The molecule has 9 heteroatoms. The summed E-state index contributed by atoms with van der Waals surface area (Å²) < 4.78 is 27.8. The van der Waals surface area contributed by atoms with Gasteiger partial charge in [-0.05, 0) is 49.8 Å². The van der Waals surface area contributed by atoms with Crippen LogP contribution >= 0.6 is 11.8 Å². The Hall–Kier alpha value is -1.58. The lowest BCUT2D eigenvalue weighted by Gasteiger charge is -2.32. The van der Waals surface area contributed by atoms with E-state index in [4.69, 9.17) is 0 Å². The topological polar surface area (TPSA) is 86.8 Å². The first kappa shape index (κ1) is 22.6. The van der Waals surface area contributed by atoms with Crippen molar-refractivity contribution in [3.63, 3.8) is 0 Å². The van der Waals surface area contributed by atoms with Crippen LogP contribution in [0.3, 0.4) is 0 Å². The van der Waals surface area contributed by atoms with Gasteiger partial charge in [0.25, 0.3) is 0 Å². The highest BCUT2D eigenvalue weighted by molar-refractivity contribution is 8.00. The molecule has 0 bridgehead atoms. The lowest BCUT2D eigenvalue weighted by molar-refractivity contribution is -0.123. The largest absolute Gasteiger partial charge is 0.352 e. The zero-order valence-corrected chi connectivity index (χ0v) is 19.6. The van der Waals surface area contributed by atoms with E-state index in [1.807, 2.05) is 0 Å². The Labute approximate surface area is 189 Å². The number of nitrogens with zero attached hydrogens (tertiary/aromatic N) is 2. The first-order chi connectivity index (χ1) is 14.9. The highest BCUT2D eigenvalue weighted by atomic mass is 32.2. The number of nitrogens with one attached hydrogen (secondary N) is 1. The van der Waals surface area contributed by atoms with Gasteiger partial charge in [-0.2, -0.15) is 4.31 Å². The third-order valence-corrected chi connectivity index (χ3v) is 9.53. The average Bonchev–Trinajstić information content (AvgIpc) is 2.77. The van der Waals surface area contributed by atoms with Gasteiger partial charge in [-0.1, -0.05) is 26.2 Å². The molecule has 1 saturated carbocycles. The fourth-order valence-electron chi connectivity index (χ4n) is 4.70. The number of benzene rings is 1. The third-order valence-electron chi connectivity index (χ3n) is 6.59. The van der Waals surface area contributed by atoms with Crippen LogP contribution in [0, 0.1) is 5.92 Å². The number of piperidine rings is 1. The fourth-order valence-corrected chi connectivity index (χ4v) is 7.15. The summed E-state index contributed by atoms with van der Waals surface area (Å²) in [5.74, 6) is 0.322. The summed E-state index contributed by atoms with van der Waals surface area (Å²) in [6.45, 7) is 3.13. The van der Waals surface area contributed by atoms with Gasteiger partial charge in [-0.15, -0.1) is 11.8 Å². The van der Waals surface area contributed by atoms with Crippen molar-refractivity contribution in [1.29, 1.82) is 0 Å². The van der Waals surface area contributed by atoms with Crippen molar-refractivity contribution in [2.24, 2.45) is 5.92 Å². The van der Waals surface area contributed by atoms with Crippen LogP contribution in [0.1, 0.15) is 51.9 Å². The van der Waals surface area contributed by atoms with Crippen LogP contribution in [-0.2, 0) is 19.6 Å². The molecule has 2 atom stereocenters. The molecule has 1 saturated heterocycles. The Balaban J connectivity index is 1.54. The summed E-state index contributed by atoms with van der Waals surface area (Å²) in [6.07, 6.45) is 7.14. The lowest BCUT2D eigenvalue weighted by atomic mass is 9.86. The van der Waals surface area contributed by atoms with Gasteiger partial charge in [0.1, 0.15) is 6.54 Å². The smallest absolute Gasteiger partial charge is 0.243 e. The van der Waals surface area contributed by atoms with Gasteiger partial charge in [-0.25, -0.2) is 8.42 Å². The molecule has 1 aliphatic carbocycles. The molecule has 4 rings (SSSR count). The van der Waals surface area contributed by atoms with Gasteiger partial charge >= 0.3 is 0 Å². The van der Waals surface area contributed by atoms with Crippen LogP contribution in [0.15, 0.2) is 28.0 Å². The Morgan fingerprint density at radius 3 is 2.61 bits per heavy atom. The van der Waals surface area contributed by atoms with E-state index in [0.717, 1.165) is 43.4 Å². The number of amides is 2. The third kappa shape index (κ3) is 4.93. The first-order valence-corrected chi connectivity index (χ1v) is 13.7. The number of carbonyl (C=O) groups is 2. The molecule has 2 amide bonds. The van der Waals surface area contributed by atoms with Gasteiger partial charge in [0.15, 0.2) is 0 Å². The highest BCUT2D eigenvalue weighted by Gasteiger charge is 2.32. The number of anilines is 1. The van der Waals surface area contributed by atoms with Crippen molar-refractivity contribution in [2.75, 3.05) is 30.3 Å². The quantitative estimate of drug-likeness (QED) is 0.722. The van der Waals surface area contributed by atoms with E-state index in [-0.39, 0.29) is 35.0 Å².